The van der Waals surface area contributed by atoms with Crippen molar-refractivity contribution in [2.45, 2.75) is 19.6 Å². The summed E-state index contributed by atoms with van der Waals surface area (Å²) in [6.07, 6.45) is 1.41. The van der Waals surface area contributed by atoms with Gasteiger partial charge in [-0.3, -0.25) is 0 Å². The van der Waals surface area contributed by atoms with Crippen LogP contribution in [0.2, 0.25) is 5.02 Å². The average Bonchev–Trinajstić information content (AvgIpc) is 2.50. The van der Waals surface area contributed by atoms with Gasteiger partial charge in [-0.2, -0.15) is 5.26 Å². The summed E-state index contributed by atoms with van der Waals surface area (Å²) in [4.78, 5) is -0.240. The standard InChI is InChI=1S/C18H16ClNO2S/c1-13-3-4-16(9-14(13)2)10-18(11-20)23(21,22)12-15-5-7-17(19)8-6-15/h3-10H,12H2,1-2H3/b18-10-. The Bertz CT molecular complexity index is 892. The molecule has 2 aromatic rings. The Morgan fingerprint density at radius 3 is 2.35 bits per heavy atom. The summed E-state index contributed by atoms with van der Waals surface area (Å²) in [5.74, 6) is -0.228. The predicted octanol–water partition coefficient (Wildman–Crippen LogP) is 4.44. The fourth-order valence-corrected chi connectivity index (χ4v) is 3.44. The summed E-state index contributed by atoms with van der Waals surface area (Å²) in [6, 6.07) is 13.9. The molecule has 23 heavy (non-hydrogen) atoms. The Hall–Kier alpha value is -2.09. The maximum absolute atomic E-state index is 12.4. The minimum atomic E-state index is -3.70. The third kappa shape index (κ3) is 4.44. The largest absolute Gasteiger partial charge is 0.223 e. The first-order valence-electron chi connectivity index (χ1n) is 6.98. The van der Waals surface area contributed by atoms with Crippen molar-refractivity contribution >= 4 is 27.5 Å². The van der Waals surface area contributed by atoms with Crippen molar-refractivity contribution in [2.24, 2.45) is 0 Å². The summed E-state index contributed by atoms with van der Waals surface area (Å²) in [7, 11) is -3.70. The van der Waals surface area contributed by atoms with E-state index in [1.54, 1.807) is 36.4 Å². The summed E-state index contributed by atoms with van der Waals surface area (Å²) in [5.41, 5.74) is 3.45. The molecular formula is C18H16ClNO2S. The molecule has 0 aliphatic heterocycles. The SMILES string of the molecule is Cc1ccc(/C=C(/C#N)S(=O)(=O)Cc2ccc(Cl)cc2)cc1C. The highest BCUT2D eigenvalue weighted by Crippen LogP contribution is 2.20. The second kappa shape index (κ2) is 6.99. The van der Waals surface area contributed by atoms with Gasteiger partial charge in [0.05, 0.1) is 5.75 Å². The van der Waals surface area contributed by atoms with Crippen LogP contribution in [0.5, 0.6) is 0 Å². The number of halogens is 1. The molecule has 0 amide bonds. The van der Waals surface area contributed by atoms with Crippen molar-refractivity contribution in [3.8, 4) is 6.07 Å². The van der Waals surface area contributed by atoms with E-state index in [2.05, 4.69) is 0 Å². The number of hydrogen-bond donors (Lipinski definition) is 0. The zero-order valence-electron chi connectivity index (χ0n) is 12.9. The van der Waals surface area contributed by atoms with E-state index < -0.39 is 9.84 Å². The minimum absolute atomic E-state index is 0.228. The molecule has 0 atom stereocenters. The molecule has 0 fully saturated rings. The van der Waals surface area contributed by atoms with Crippen LogP contribution in [0.15, 0.2) is 47.4 Å². The Morgan fingerprint density at radius 2 is 1.78 bits per heavy atom. The smallest absolute Gasteiger partial charge is 0.192 e. The molecule has 0 saturated carbocycles. The topological polar surface area (TPSA) is 57.9 Å². The normalized spacial score (nSPS) is 12.0. The van der Waals surface area contributed by atoms with Crippen LogP contribution in [0.1, 0.15) is 22.3 Å². The number of sulfone groups is 1. The molecule has 0 unspecified atom stereocenters. The Kier molecular flexibility index (Phi) is 5.25. The van der Waals surface area contributed by atoms with E-state index in [1.165, 1.54) is 6.08 Å². The van der Waals surface area contributed by atoms with Gasteiger partial charge in [0.15, 0.2) is 9.84 Å². The van der Waals surface area contributed by atoms with E-state index in [-0.39, 0.29) is 10.7 Å². The zero-order chi connectivity index (χ0) is 17.0. The first-order valence-corrected chi connectivity index (χ1v) is 9.01. The predicted molar refractivity (Wildman–Crippen MR) is 93.6 cm³/mol. The zero-order valence-corrected chi connectivity index (χ0v) is 14.4. The molecule has 0 N–H and O–H groups in total. The summed E-state index contributed by atoms with van der Waals surface area (Å²) >= 11 is 5.79. The van der Waals surface area contributed by atoms with Crippen LogP contribution in [0.3, 0.4) is 0 Å². The van der Waals surface area contributed by atoms with Crippen LogP contribution in [0.25, 0.3) is 6.08 Å². The minimum Gasteiger partial charge on any atom is -0.223 e. The summed E-state index contributed by atoms with van der Waals surface area (Å²) in [6.45, 7) is 3.92. The van der Waals surface area contributed by atoms with Crippen molar-refractivity contribution in [3.05, 3.63) is 74.6 Å². The highest BCUT2D eigenvalue weighted by molar-refractivity contribution is 7.95. The van der Waals surface area contributed by atoms with Crippen LogP contribution in [0, 0.1) is 25.2 Å². The van der Waals surface area contributed by atoms with Crippen molar-refractivity contribution in [1.29, 1.82) is 5.26 Å². The molecule has 3 nitrogen and oxygen atoms in total. The van der Waals surface area contributed by atoms with Gasteiger partial charge in [-0.15, -0.1) is 0 Å². The number of rotatable bonds is 4. The van der Waals surface area contributed by atoms with E-state index >= 15 is 0 Å². The molecule has 118 valence electrons. The van der Waals surface area contributed by atoms with Crippen molar-refractivity contribution in [2.75, 3.05) is 0 Å². The highest BCUT2D eigenvalue weighted by Gasteiger charge is 2.18. The fraction of sp³-hybridized carbons (Fsp3) is 0.167. The molecule has 0 bridgehead atoms. The monoisotopic (exact) mass is 345 g/mol. The Balaban J connectivity index is 2.34. The third-order valence-electron chi connectivity index (χ3n) is 3.54. The molecule has 0 aliphatic carbocycles. The number of hydrogen-bond acceptors (Lipinski definition) is 3. The maximum Gasteiger partial charge on any atom is 0.192 e. The highest BCUT2D eigenvalue weighted by atomic mass is 35.5. The second-order valence-electron chi connectivity index (χ2n) is 5.35. The maximum atomic E-state index is 12.4. The Morgan fingerprint density at radius 1 is 1.13 bits per heavy atom. The molecular weight excluding hydrogens is 330 g/mol. The van der Waals surface area contributed by atoms with Crippen LogP contribution in [-0.2, 0) is 15.6 Å². The number of aryl methyl sites for hydroxylation is 2. The van der Waals surface area contributed by atoms with Crippen LogP contribution in [0.4, 0.5) is 0 Å². The van der Waals surface area contributed by atoms with Gasteiger partial charge in [0.2, 0.25) is 0 Å². The van der Waals surface area contributed by atoms with Gasteiger partial charge < -0.3 is 0 Å². The number of benzene rings is 2. The van der Waals surface area contributed by atoms with Crippen LogP contribution >= 0.6 is 11.6 Å². The lowest BCUT2D eigenvalue weighted by Crippen LogP contribution is -2.06. The summed E-state index contributed by atoms with van der Waals surface area (Å²) < 4.78 is 24.9. The fourth-order valence-electron chi connectivity index (χ4n) is 2.08. The lowest BCUT2D eigenvalue weighted by atomic mass is 10.1. The molecule has 0 aliphatic rings. The Labute approximate surface area is 141 Å². The van der Waals surface area contributed by atoms with Gasteiger partial charge in [0, 0.05) is 5.02 Å². The van der Waals surface area contributed by atoms with Gasteiger partial charge >= 0.3 is 0 Å². The van der Waals surface area contributed by atoms with Crippen LogP contribution < -0.4 is 0 Å². The number of allylic oxidation sites excluding steroid dienone is 1. The van der Waals surface area contributed by atoms with Gasteiger partial charge in [0.25, 0.3) is 0 Å². The van der Waals surface area contributed by atoms with Crippen molar-refractivity contribution in [3.63, 3.8) is 0 Å². The van der Waals surface area contributed by atoms with E-state index in [1.807, 2.05) is 26.0 Å². The molecule has 2 aromatic carbocycles. The molecule has 0 saturated heterocycles. The van der Waals surface area contributed by atoms with Crippen molar-refractivity contribution in [1.82, 2.24) is 0 Å². The molecule has 0 spiro atoms. The molecule has 2 rings (SSSR count). The number of nitrogens with zero attached hydrogens (tertiary/aromatic N) is 1. The molecule has 5 heteroatoms. The van der Waals surface area contributed by atoms with Gasteiger partial charge in [-0.25, -0.2) is 8.42 Å². The first kappa shape index (κ1) is 17.3. The summed E-state index contributed by atoms with van der Waals surface area (Å²) in [5, 5.41) is 9.79. The molecule has 0 aromatic heterocycles. The quantitative estimate of drug-likeness (QED) is 0.770. The lowest BCUT2D eigenvalue weighted by Gasteiger charge is -2.05. The van der Waals surface area contributed by atoms with Gasteiger partial charge in [0.1, 0.15) is 11.0 Å². The van der Waals surface area contributed by atoms with Crippen molar-refractivity contribution < 1.29 is 8.42 Å². The van der Waals surface area contributed by atoms with Crippen LogP contribution in [-0.4, -0.2) is 8.42 Å². The first-order chi connectivity index (χ1) is 10.8. The van der Waals surface area contributed by atoms with Gasteiger partial charge in [-0.05, 0) is 54.3 Å². The van der Waals surface area contributed by atoms with E-state index in [4.69, 9.17) is 11.6 Å². The molecule has 0 heterocycles. The average molecular weight is 346 g/mol. The lowest BCUT2D eigenvalue weighted by molar-refractivity contribution is 0.602. The van der Waals surface area contributed by atoms with E-state index in [0.717, 1.165) is 11.1 Å². The molecule has 0 radical (unpaired) electrons. The van der Waals surface area contributed by atoms with Gasteiger partial charge in [-0.1, -0.05) is 41.9 Å². The van der Waals surface area contributed by atoms with E-state index in [9.17, 15) is 13.7 Å². The third-order valence-corrected chi connectivity index (χ3v) is 5.39. The second-order valence-corrected chi connectivity index (χ2v) is 7.74. The van der Waals surface area contributed by atoms with E-state index in [0.29, 0.717) is 16.1 Å². The number of nitriles is 1.